The minimum Gasteiger partial charge on any atom is -0.493 e. The van der Waals surface area contributed by atoms with Crippen molar-refractivity contribution in [2.24, 2.45) is 0 Å². The molecule has 2 aromatic carbocycles. The highest BCUT2D eigenvalue weighted by atomic mass is 32.1. The van der Waals surface area contributed by atoms with E-state index in [9.17, 15) is 0 Å². The number of benzene rings is 2. The zero-order chi connectivity index (χ0) is 24.7. The van der Waals surface area contributed by atoms with Gasteiger partial charge in [0.1, 0.15) is 5.76 Å². The largest absolute Gasteiger partial charge is 0.493 e. The van der Waals surface area contributed by atoms with E-state index in [0.29, 0.717) is 31.1 Å². The third-order valence-corrected chi connectivity index (χ3v) is 6.81. The number of hydrogen-bond acceptors (Lipinski definition) is 8. The van der Waals surface area contributed by atoms with E-state index in [1.807, 2.05) is 53.2 Å². The molecule has 0 unspecified atom stereocenters. The molecule has 0 amide bonds. The van der Waals surface area contributed by atoms with Crippen molar-refractivity contribution in [3.8, 4) is 11.5 Å². The molecule has 0 saturated heterocycles. The van der Waals surface area contributed by atoms with Gasteiger partial charge in [-0.3, -0.25) is 4.90 Å². The first-order chi connectivity index (χ1) is 17.7. The molecule has 3 aromatic heterocycles. The molecule has 0 fully saturated rings. The standard InChI is InChI=1S/C27H27N5O3S/c1-33-24-13-12-21(16-25(24)34-2)26(27-28-29-30-32(27)17-20-8-4-3-5-9-20)31(18-22-10-6-14-35-22)19-23-11-7-15-36-23/h3-16,26H,17-19H2,1-2H3/t26-/m0/s1. The van der Waals surface area contributed by atoms with Crippen molar-refractivity contribution in [2.45, 2.75) is 25.7 Å². The van der Waals surface area contributed by atoms with Crippen LogP contribution in [-0.4, -0.2) is 39.3 Å². The highest BCUT2D eigenvalue weighted by molar-refractivity contribution is 7.09. The first-order valence-corrected chi connectivity index (χ1v) is 12.4. The molecular weight excluding hydrogens is 474 g/mol. The molecule has 0 spiro atoms. The molecule has 5 rings (SSSR count). The molecule has 0 aliphatic carbocycles. The molecule has 8 nitrogen and oxygen atoms in total. The van der Waals surface area contributed by atoms with Crippen LogP contribution in [0, 0.1) is 0 Å². The number of methoxy groups -OCH3 is 2. The number of nitrogens with zero attached hydrogens (tertiary/aromatic N) is 5. The Morgan fingerprint density at radius 1 is 0.944 bits per heavy atom. The maximum absolute atomic E-state index is 5.75. The Bertz CT molecular complexity index is 1320. The van der Waals surface area contributed by atoms with E-state index in [4.69, 9.17) is 13.9 Å². The van der Waals surface area contributed by atoms with Crippen LogP contribution in [0.4, 0.5) is 0 Å². The van der Waals surface area contributed by atoms with Crippen LogP contribution in [0.1, 0.15) is 33.6 Å². The SMILES string of the molecule is COc1ccc([C@@H](c2nnnn2Cc2ccccc2)N(Cc2ccco2)Cc2cccs2)cc1OC. The fourth-order valence-corrected chi connectivity index (χ4v) is 5.00. The summed E-state index contributed by atoms with van der Waals surface area (Å²) < 4.78 is 18.8. The lowest BCUT2D eigenvalue weighted by atomic mass is 10.0. The first-order valence-electron chi connectivity index (χ1n) is 11.6. The number of thiophene rings is 1. The average molecular weight is 502 g/mol. The van der Waals surface area contributed by atoms with E-state index in [0.717, 1.165) is 22.7 Å². The van der Waals surface area contributed by atoms with Gasteiger partial charge >= 0.3 is 0 Å². The number of furan rings is 1. The van der Waals surface area contributed by atoms with Gasteiger partial charge < -0.3 is 13.9 Å². The predicted octanol–water partition coefficient (Wildman–Crippen LogP) is 5.18. The number of hydrogen-bond donors (Lipinski definition) is 0. The highest BCUT2D eigenvalue weighted by Gasteiger charge is 2.30. The van der Waals surface area contributed by atoms with Crippen molar-refractivity contribution < 1.29 is 13.9 Å². The molecule has 0 aliphatic heterocycles. The first kappa shape index (κ1) is 23.8. The molecule has 3 heterocycles. The van der Waals surface area contributed by atoms with E-state index in [1.165, 1.54) is 4.88 Å². The van der Waals surface area contributed by atoms with Gasteiger partial charge in [-0.2, -0.15) is 0 Å². The number of ether oxygens (including phenoxy) is 2. The molecule has 184 valence electrons. The minimum atomic E-state index is -0.282. The van der Waals surface area contributed by atoms with Crippen molar-refractivity contribution in [2.75, 3.05) is 14.2 Å². The summed E-state index contributed by atoms with van der Waals surface area (Å²) in [6.07, 6.45) is 1.70. The summed E-state index contributed by atoms with van der Waals surface area (Å²) in [5, 5.41) is 15.1. The topological polar surface area (TPSA) is 78.4 Å². The summed E-state index contributed by atoms with van der Waals surface area (Å²) in [7, 11) is 3.28. The molecule has 5 aromatic rings. The van der Waals surface area contributed by atoms with Gasteiger partial charge in [-0.15, -0.1) is 16.4 Å². The van der Waals surface area contributed by atoms with Crippen molar-refractivity contribution in [3.63, 3.8) is 0 Å². The second-order valence-corrected chi connectivity index (χ2v) is 9.29. The Morgan fingerprint density at radius 3 is 2.53 bits per heavy atom. The monoisotopic (exact) mass is 501 g/mol. The summed E-state index contributed by atoms with van der Waals surface area (Å²) in [6.45, 7) is 1.82. The van der Waals surface area contributed by atoms with Crippen LogP contribution in [0.3, 0.4) is 0 Å². The van der Waals surface area contributed by atoms with E-state index in [2.05, 4.69) is 50.1 Å². The lowest BCUT2D eigenvalue weighted by Gasteiger charge is -2.30. The average Bonchev–Trinajstić information content (AvgIpc) is 3.70. The van der Waals surface area contributed by atoms with Gasteiger partial charge in [0.25, 0.3) is 0 Å². The van der Waals surface area contributed by atoms with Gasteiger partial charge in [0.15, 0.2) is 17.3 Å². The smallest absolute Gasteiger partial charge is 0.173 e. The summed E-state index contributed by atoms with van der Waals surface area (Å²) in [4.78, 5) is 3.55. The van der Waals surface area contributed by atoms with Gasteiger partial charge in [-0.25, -0.2) is 4.68 Å². The molecule has 0 radical (unpaired) electrons. The fraction of sp³-hybridized carbons (Fsp3) is 0.222. The molecular formula is C27H27N5O3S. The quantitative estimate of drug-likeness (QED) is 0.247. The summed E-state index contributed by atoms with van der Waals surface area (Å²) in [5.41, 5.74) is 2.10. The van der Waals surface area contributed by atoms with Crippen LogP contribution in [-0.2, 0) is 19.6 Å². The molecule has 0 aliphatic rings. The fourth-order valence-electron chi connectivity index (χ4n) is 4.27. The molecule has 0 saturated carbocycles. The zero-order valence-electron chi connectivity index (χ0n) is 20.2. The van der Waals surface area contributed by atoms with Crippen LogP contribution in [0.5, 0.6) is 11.5 Å². The molecule has 9 heteroatoms. The maximum atomic E-state index is 5.75. The van der Waals surface area contributed by atoms with E-state index in [-0.39, 0.29) is 6.04 Å². The lowest BCUT2D eigenvalue weighted by molar-refractivity contribution is 0.181. The van der Waals surface area contributed by atoms with Crippen LogP contribution >= 0.6 is 11.3 Å². The Hall–Kier alpha value is -3.95. The predicted molar refractivity (Wildman–Crippen MR) is 137 cm³/mol. The van der Waals surface area contributed by atoms with Gasteiger partial charge in [0.05, 0.1) is 39.6 Å². The van der Waals surface area contributed by atoms with Gasteiger partial charge in [0, 0.05) is 11.4 Å². The summed E-state index contributed by atoms with van der Waals surface area (Å²) in [6, 6.07) is 24.0. The Morgan fingerprint density at radius 2 is 1.81 bits per heavy atom. The number of tetrazole rings is 1. The third kappa shape index (κ3) is 5.32. The van der Waals surface area contributed by atoms with Crippen LogP contribution < -0.4 is 9.47 Å². The van der Waals surface area contributed by atoms with E-state index >= 15 is 0 Å². The van der Waals surface area contributed by atoms with Crippen LogP contribution in [0.2, 0.25) is 0 Å². The normalized spacial score (nSPS) is 12.1. The van der Waals surface area contributed by atoms with E-state index < -0.39 is 0 Å². The minimum absolute atomic E-state index is 0.282. The Labute approximate surface area is 213 Å². The van der Waals surface area contributed by atoms with Crippen molar-refractivity contribution in [1.82, 2.24) is 25.1 Å². The Kier molecular flexibility index (Phi) is 7.39. The molecule has 0 N–H and O–H groups in total. The van der Waals surface area contributed by atoms with Crippen molar-refractivity contribution in [1.29, 1.82) is 0 Å². The number of rotatable bonds is 11. The van der Waals surface area contributed by atoms with Crippen molar-refractivity contribution >= 4 is 11.3 Å². The second kappa shape index (κ2) is 11.2. The van der Waals surface area contributed by atoms with Gasteiger partial charge in [0.2, 0.25) is 0 Å². The highest BCUT2D eigenvalue weighted by Crippen LogP contribution is 2.36. The lowest BCUT2D eigenvalue weighted by Crippen LogP contribution is -2.31. The number of aromatic nitrogens is 4. The van der Waals surface area contributed by atoms with Crippen molar-refractivity contribution in [3.05, 3.63) is 112 Å². The second-order valence-electron chi connectivity index (χ2n) is 8.26. The zero-order valence-corrected chi connectivity index (χ0v) is 21.0. The Balaban J connectivity index is 1.61. The van der Waals surface area contributed by atoms with Crippen LogP contribution in [0.25, 0.3) is 0 Å². The molecule has 0 bridgehead atoms. The van der Waals surface area contributed by atoms with E-state index in [1.54, 1.807) is 31.8 Å². The third-order valence-electron chi connectivity index (χ3n) is 5.95. The maximum Gasteiger partial charge on any atom is 0.173 e. The van der Waals surface area contributed by atoms with Gasteiger partial charge in [-0.1, -0.05) is 42.5 Å². The van der Waals surface area contributed by atoms with Crippen LogP contribution in [0.15, 0.2) is 88.9 Å². The van der Waals surface area contributed by atoms with Gasteiger partial charge in [-0.05, 0) is 57.3 Å². The summed E-state index contributed by atoms with van der Waals surface area (Å²) in [5.74, 6) is 2.91. The molecule has 1 atom stereocenters. The summed E-state index contributed by atoms with van der Waals surface area (Å²) >= 11 is 1.72. The molecule has 36 heavy (non-hydrogen) atoms.